The molecule has 2 heterocycles. The number of aryl methyl sites for hydroxylation is 1. The van der Waals surface area contributed by atoms with Gasteiger partial charge in [-0.3, -0.25) is 0 Å². The molecule has 0 atom stereocenters. The van der Waals surface area contributed by atoms with E-state index in [1.807, 2.05) is 23.9 Å². The SMILES string of the molecule is CCCCC[N+]1=C(/C=C/C2=C(SCCc3c[nH]c4ccc(O)cc34)CCCC2)C(C)(C)c2ccccc21. The molecule has 5 rings (SSSR count). The molecule has 0 fully saturated rings. The number of benzene rings is 2. The average molecular weight is 514 g/mol. The molecule has 1 aromatic heterocycles. The Kier molecular flexibility index (Phi) is 7.95. The molecular weight excluding hydrogens is 472 g/mol. The van der Waals surface area contributed by atoms with Crippen LogP contribution >= 0.6 is 11.8 Å². The number of aromatic amines is 1. The topological polar surface area (TPSA) is 39.0 Å². The summed E-state index contributed by atoms with van der Waals surface area (Å²) >= 11 is 2.03. The lowest BCUT2D eigenvalue weighted by atomic mass is 9.81. The largest absolute Gasteiger partial charge is 0.508 e. The summed E-state index contributed by atoms with van der Waals surface area (Å²) in [6.07, 6.45) is 16.7. The minimum absolute atomic E-state index is 0.0166. The van der Waals surface area contributed by atoms with Crippen molar-refractivity contribution in [3.8, 4) is 5.75 Å². The maximum atomic E-state index is 9.92. The van der Waals surface area contributed by atoms with Crippen LogP contribution in [0, 0.1) is 0 Å². The van der Waals surface area contributed by atoms with Gasteiger partial charge in [-0.15, -0.1) is 11.8 Å². The van der Waals surface area contributed by atoms with E-state index in [9.17, 15) is 5.11 Å². The van der Waals surface area contributed by atoms with E-state index in [-0.39, 0.29) is 5.41 Å². The van der Waals surface area contributed by atoms with Crippen LogP contribution < -0.4 is 0 Å². The Morgan fingerprint density at radius 3 is 2.76 bits per heavy atom. The molecule has 194 valence electrons. The number of fused-ring (bicyclic) bond motifs is 2. The molecule has 0 spiro atoms. The quantitative estimate of drug-likeness (QED) is 0.210. The first-order valence-electron chi connectivity index (χ1n) is 14.1. The molecule has 2 aromatic carbocycles. The summed E-state index contributed by atoms with van der Waals surface area (Å²) in [5.41, 5.74) is 8.20. The van der Waals surface area contributed by atoms with Gasteiger partial charge in [0.05, 0.1) is 5.41 Å². The van der Waals surface area contributed by atoms with Gasteiger partial charge in [-0.05, 0) is 86.6 Å². The molecule has 0 unspecified atom stereocenters. The average Bonchev–Trinajstić information content (AvgIpc) is 3.39. The zero-order valence-corrected chi connectivity index (χ0v) is 23.5. The maximum absolute atomic E-state index is 9.92. The zero-order chi connectivity index (χ0) is 25.8. The van der Waals surface area contributed by atoms with Crippen molar-refractivity contribution in [2.24, 2.45) is 0 Å². The predicted molar refractivity (Wildman–Crippen MR) is 160 cm³/mol. The minimum atomic E-state index is 0.0166. The molecule has 0 saturated heterocycles. The lowest BCUT2D eigenvalue weighted by molar-refractivity contribution is -0.438. The van der Waals surface area contributed by atoms with Crippen LogP contribution in [0.2, 0.25) is 0 Å². The first-order valence-corrected chi connectivity index (χ1v) is 15.0. The Balaban J connectivity index is 1.36. The second kappa shape index (κ2) is 11.3. The van der Waals surface area contributed by atoms with Crippen molar-refractivity contribution < 1.29 is 9.68 Å². The first-order chi connectivity index (χ1) is 18.0. The summed E-state index contributed by atoms with van der Waals surface area (Å²) in [5, 5.41) is 11.1. The molecule has 1 aliphatic carbocycles. The van der Waals surface area contributed by atoms with Crippen molar-refractivity contribution in [2.75, 3.05) is 12.3 Å². The molecular formula is C33H41N2OS+. The highest BCUT2D eigenvalue weighted by atomic mass is 32.2. The molecule has 0 bridgehead atoms. The molecule has 0 saturated carbocycles. The zero-order valence-electron chi connectivity index (χ0n) is 22.6. The van der Waals surface area contributed by atoms with E-state index in [0.29, 0.717) is 5.75 Å². The Bertz CT molecular complexity index is 1360. The normalized spacial score (nSPS) is 17.4. The summed E-state index contributed by atoms with van der Waals surface area (Å²) in [4.78, 5) is 4.92. The number of aromatic hydroxyl groups is 1. The fourth-order valence-corrected chi connectivity index (χ4v) is 7.19. The molecule has 1 aliphatic heterocycles. The number of allylic oxidation sites excluding steroid dienone is 4. The van der Waals surface area contributed by atoms with Crippen LogP contribution in [0.25, 0.3) is 10.9 Å². The van der Waals surface area contributed by atoms with Gasteiger partial charge >= 0.3 is 0 Å². The van der Waals surface area contributed by atoms with Gasteiger partial charge in [-0.1, -0.05) is 37.6 Å². The van der Waals surface area contributed by atoms with Gasteiger partial charge in [0.2, 0.25) is 5.69 Å². The third-order valence-corrected chi connectivity index (χ3v) is 9.31. The van der Waals surface area contributed by atoms with Crippen LogP contribution in [-0.2, 0) is 11.8 Å². The summed E-state index contributed by atoms with van der Waals surface area (Å²) in [5.74, 6) is 1.40. The second-order valence-corrected chi connectivity index (χ2v) is 12.2. The van der Waals surface area contributed by atoms with Crippen LogP contribution in [0.1, 0.15) is 76.8 Å². The van der Waals surface area contributed by atoms with Gasteiger partial charge < -0.3 is 10.1 Å². The van der Waals surface area contributed by atoms with Gasteiger partial charge in [-0.25, -0.2) is 0 Å². The number of nitrogens with one attached hydrogen (secondary N) is 1. The number of para-hydroxylation sites is 1. The number of phenols is 1. The lowest BCUT2D eigenvalue weighted by Crippen LogP contribution is -2.28. The number of thioether (sulfide) groups is 1. The fourth-order valence-electron chi connectivity index (χ4n) is 5.98. The maximum Gasteiger partial charge on any atom is 0.209 e. The number of unbranched alkanes of at least 4 members (excludes halogenated alkanes) is 2. The van der Waals surface area contributed by atoms with Crippen molar-refractivity contribution >= 4 is 34.1 Å². The van der Waals surface area contributed by atoms with Crippen LogP contribution in [0.15, 0.2) is 71.3 Å². The van der Waals surface area contributed by atoms with Gasteiger partial charge in [0.1, 0.15) is 12.3 Å². The molecule has 37 heavy (non-hydrogen) atoms. The molecule has 3 aromatic rings. The number of phenolic OH excluding ortho intramolecular Hbond substituents is 1. The van der Waals surface area contributed by atoms with Crippen molar-refractivity contribution in [3.63, 3.8) is 0 Å². The Morgan fingerprint density at radius 1 is 1.05 bits per heavy atom. The van der Waals surface area contributed by atoms with Crippen molar-refractivity contribution in [1.29, 1.82) is 0 Å². The van der Waals surface area contributed by atoms with Crippen molar-refractivity contribution in [2.45, 2.75) is 77.6 Å². The van der Waals surface area contributed by atoms with E-state index in [0.717, 1.165) is 29.6 Å². The summed E-state index contributed by atoms with van der Waals surface area (Å²) in [7, 11) is 0. The summed E-state index contributed by atoms with van der Waals surface area (Å²) < 4.78 is 2.59. The standard InChI is InChI=1S/C33H40N2OS/c1-4-5-10-20-35-30-13-8-7-12-28(30)33(2,3)32(35)18-15-24-11-6-9-14-31(24)37-21-19-25-23-34-29-17-16-26(36)22-27(25)29/h7-8,12-13,15-18,22-23,34H,4-6,9-11,14,19-21H2,1-3H3/p+1/b18-15+. The summed E-state index contributed by atoms with van der Waals surface area (Å²) in [6, 6.07) is 14.6. The number of nitrogens with zero attached hydrogens (tertiary/aromatic N) is 1. The van der Waals surface area contributed by atoms with Gasteiger partial charge in [-0.2, -0.15) is 4.58 Å². The van der Waals surface area contributed by atoms with E-state index in [4.69, 9.17) is 0 Å². The number of rotatable bonds is 10. The van der Waals surface area contributed by atoms with E-state index < -0.39 is 0 Å². The minimum Gasteiger partial charge on any atom is -0.508 e. The number of hydrogen-bond acceptors (Lipinski definition) is 2. The number of hydrogen-bond donors (Lipinski definition) is 2. The molecule has 0 amide bonds. The number of H-pyrrole nitrogens is 1. The van der Waals surface area contributed by atoms with Gasteiger partial charge in [0, 0.05) is 47.0 Å². The van der Waals surface area contributed by atoms with Crippen LogP contribution in [0.3, 0.4) is 0 Å². The smallest absolute Gasteiger partial charge is 0.209 e. The second-order valence-electron chi connectivity index (χ2n) is 11.0. The highest BCUT2D eigenvalue weighted by molar-refractivity contribution is 8.03. The highest BCUT2D eigenvalue weighted by Gasteiger charge is 2.43. The molecule has 2 aliphatic rings. The van der Waals surface area contributed by atoms with Crippen LogP contribution in [-0.4, -0.2) is 32.7 Å². The molecule has 3 nitrogen and oxygen atoms in total. The molecule has 0 radical (unpaired) electrons. The summed E-state index contributed by atoms with van der Waals surface area (Å²) in [6.45, 7) is 8.14. The predicted octanol–water partition coefficient (Wildman–Crippen LogP) is 8.80. The molecule has 4 heteroatoms. The molecule has 2 N–H and O–H groups in total. The highest BCUT2D eigenvalue weighted by Crippen LogP contribution is 2.41. The van der Waals surface area contributed by atoms with Gasteiger partial charge in [0.15, 0.2) is 5.71 Å². The first kappa shape index (κ1) is 25.9. The van der Waals surface area contributed by atoms with E-state index in [1.54, 1.807) is 11.0 Å². The number of aromatic nitrogens is 1. The Morgan fingerprint density at radius 2 is 1.89 bits per heavy atom. The van der Waals surface area contributed by atoms with E-state index in [1.165, 1.54) is 73.0 Å². The lowest BCUT2D eigenvalue weighted by Gasteiger charge is -2.19. The van der Waals surface area contributed by atoms with E-state index in [2.05, 4.69) is 72.9 Å². The third kappa shape index (κ3) is 5.45. The van der Waals surface area contributed by atoms with Gasteiger partial charge in [0.25, 0.3) is 0 Å². The van der Waals surface area contributed by atoms with Crippen molar-refractivity contribution in [1.82, 2.24) is 4.98 Å². The van der Waals surface area contributed by atoms with Crippen molar-refractivity contribution in [3.05, 3.63) is 82.4 Å². The Hall–Kier alpha value is -2.72. The third-order valence-electron chi connectivity index (χ3n) is 8.08. The van der Waals surface area contributed by atoms with E-state index >= 15 is 0 Å². The monoisotopic (exact) mass is 513 g/mol. The van der Waals surface area contributed by atoms with Crippen LogP contribution in [0.5, 0.6) is 5.75 Å². The van der Waals surface area contributed by atoms with Crippen LogP contribution in [0.4, 0.5) is 5.69 Å². The fraction of sp³-hybridized carbons (Fsp3) is 0.424. The Labute approximate surface area is 226 Å².